The zero-order valence-electron chi connectivity index (χ0n) is 7.70. The number of aromatic nitrogens is 1. The molecule has 0 saturated heterocycles. The number of allylic oxidation sites excluding steroid dienone is 1. The Bertz CT molecular complexity index is 356. The van der Waals surface area contributed by atoms with E-state index in [9.17, 15) is 0 Å². The molecule has 13 heavy (non-hydrogen) atoms. The molecule has 68 valence electrons. The lowest BCUT2D eigenvalue weighted by atomic mass is 10.1. The van der Waals surface area contributed by atoms with Gasteiger partial charge in [-0.15, -0.1) is 0 Å². The molecule has 1 aromatic heterocycles. The maximum absolute atomic E-state index is 8.90. The molecule has 0 atom stereocenters. The van der Waals surface area contributed by atoms with Gasteiger partial charge in [0, 0.05) is 11.4 Å². The summed E-state index contributed by atoms with van der Waals surface area (Å²) >= 11 is 0. The smallest absolute Gasteiger partial charge is 0.0903 e. The van der Waals surface area contributed by atoms with Gasteiger partial charge in [0.15, 0.2) is 0 Å². The van der Waals surface area contributed by atoms with Gasteiger partial charge in [-0.05, 0) is 26.0 Å². The van der Waals surface area contributed by atoms with E-state index < -0.39 is 0 Å². The van der Waals surface area contributed by atoms with E-state index in [1.54, 1.807) is 13.0 Å². The van der Waals surface area contributed by atoms with Crippen LogP contribution in [0.1, 0.15) is 18.3 Å². The van der Waals surface area contributed by atoms with Gasteiger partial charge >= 0.3 is 0 Å². The lowest BCUT2D eigenvalue weighted by Gasteiger charge is -2.03. The van der Waals surface area contributed by atoms with E-state index in [0.717, 1.165) is 12.0 Å². The van der Waals surface area contributed by atoms with Gasteiger partial charge in [0.2, 0.25) is 0 Å². The molecule has 0 aliphatic rings. The Hall–Kier alpha value is -1.64. The van der Waals surface area contributed by atoms with Gasteiger partial charge in [0.05, 0.1) is 17.5 Å². The molecule has 0 amide bonds. The summed E-state index contributed by atoms with van der Waals surface area (Å²) in [6.45, 7) is 3.49. The number of aryl methyl sites for hydroxylation is 1. The van der Waals surface area contributed by atoms with Crippen molar-refractivity contribution in [1.82, 2.24) is 4.98 Å². The van der Waals surface area contributed by atoms with Crippen molar-refractivity contribution in [3.05, 3.63) is 35.8 Å². The molecule has 0 unspecified atom stereocenters. The zero-order chi connectivity index (χ0) is 9.84. The number of nitrogens with one attached hydrogen (secondary N) is 1. The maximum Gasteiger partial charge on any atom is 0.0903 e. The number of pyridine rings is 1. The first-order valence-corrected chi connectivity index (χ1v) is 3.99. The molecule has 0 saturated carbocycles. The highest BCUT2D eigenvalue weighted by Gasteiger charge is 2.04. The zero-order valence-corrected chi connectivity index (χ0v) is 7.70. The second-order valence-corrected chi connectivity index (χ2v) is 2.83. The highest BCUT2D eigenvalue weighted by Crippen LogP contribution is 2.12. The van der Waals surface area contributed by atoms with E-state index in [0.29, 0.717) is 17.0 Å². The van der Waals surface area contributed by atoms with Crippen LogP contribution in [0.25, 0.3) is 5.57 Å². The fourth-order valence-corrected chi connectivity index (χ4v) is 1.05. The Morgan fingerprint density at radius 3 is 2.69 bits per heavy atom. The number of hydrogen-bond acceptors (Lipinski definition) is 3. The molecule has 0 aliphatic heterocycles. The minimum absolute atomic E-state index is 0.306. The van der Waals surface area contributed by atoms with Crippen LogP contribution in [-0.2, 0) is 0 Å². The van der Waals surface area contributed by atoms with Crippen LogP contribution in [0.3, 0.4) is 0 Å². The second-order valence-electron chi connectivity index (χ2n) is 2.83. The summed E-state index contributed by atoms with van der Waals surface area (Å²) in [5.41, 5.74) is 2.28. The van der Waals surface area contributed by atoms with Gasteiger partial charge in [-0.1, -0.05) is 6.07 Å². The summed E-state index contributed by atoms with van der Waals surface area (Å²) in [6, 6.07) is 5.50. The van der Waals surface area contributed by atoms with E-state index in [2.05, 4.69) is 4.98 Å². The molecule has 2 N–H and O–H groups in total. The monoisotopic (exact) mass is 176 g/mol. The molecular weight excluding hydrogens is 164 g/mol. The molecule has 0 aromatic carbocycles. The molecule has 0 radical (unpaired) electrons. The van der Waals surface area contributed by atoms with Crippen LogP contribution in [0.15, 0.2) is 24.5 Å². The quantitative estimate of drug-likeness (QED) is 0.536. The average molecular weight is 176 g/mol. The summed E-state index contributed by atoms with van der Waals surface area (Å²) in [5.74, 6) is 0. The Balaban J connectivity index is 3.14. The number of nitrogens with zero attached hydrogens (tertiary/aromatic N) is 1. The lowest BCUT2D eigenvalue weighted by Crippen LogP contribution is -1.98. The molecule has 0 bridgehead atoms. The van der Waals surface area contributed by atoms with Gasteiger partial charge < -0.3 is 10.5 Å². The predicted octanol–water partition coefficient (Wildman–Crippen LogP) is 2.33. The van der Waals surface area contributed by atoms with Gasteiger partial charge in [0.1, 0.15) is 0 Å². The second kappa shape index (κ2) is 3.85. The molecule has 0 aliphatic carbocycles. The van der Waals surface area contributed by atoms with Gasteiger partial charge in [-0.3, -0.25) is 4.98 Å². The number of hydrogen-bond donors (Lipinski definition) is 2. The van der Waals surface area contributed by atoms with Crippen molar-refractivity contribution in [3.63, 3.8) is 0 Å². The number of aliphatic hydroxyl groups is 1. The topological polar surface area (TPSA) is 57.0 Å². The molecule has 1 rings (SSSR count). The van der Waals surface area contributed by atoms with Crippen LogP contribution in [0.2, 0.25) is 0 Å². The third-order valence-electron chi connectivity index (χ3n) is 1.70. The third-order valence-corrected chi connectivity index (χ3v) is 1.70. The Kier molecular flexibility index (Phi) is 2.80. The normalized spacial score (nSPS) is 11.4. The first-order chi connectivity index (χ1) is 6.15. The lowest BCUT2D eigenvalue weighted by molar-refractivity contribution is 0.476. The van der Waals surface area contributed by atoms with Crippen molar-refractivity contribution < 1.29 is 5.11 Å². The van der Waals surface area contributed by atoms with Crippen LogP contribution < -0.4 is 0 Å². The van der Waals surface area contributed by atoms with E-state index in [1.807, 2.05) is 19.1 Å². The minimum atomic E-state index is 0.306. The largest absolute Gasteiger partial charge is 0.515 e. The molecule has 0 spiro atoms. The summed E-state index contributed by atoms with van der Waals surface area (Å²) in [5, 5.41) is 16.3. The fourth-order valence-electron chi connectivity index (χ4n) is 1.05. The van der Waals surface area contributed by atoms with E-state index >= 15 is 0 Å². The molecular formula is C10H12N2O. The van der Waals surface area contributed by atoms with E-state index in [4.69, 9.17) is 10.5 Å². The van der Waals surface area contributed by atoms with Crippen LogP contribution in [-0.4, -0.2) is 15.8 Å². The van der Waals surface area contributed by atoms with Crippen molar-refractivity contribution in [2.24, 2.45) is 0 Å². The fraction of sp³-hybridized carbons (Fsp3) is 0.200. The number of rotatable bonds is 2. The Labute approximate surface area is 77.3 Å². The highest BCUT2D eigenvalue weighted by molar-refractivity contribution is 6.20. The first-order valence-electron chi connectivity index (χ1n) is 3.99. The van der Waals surface area contributed by atoms with Crippen molar-refractivity contribution in [2.45, 2.75) is 13.8 Å². The van der Waals surface area contributed by atoms with Crippen molar-refractivity contribution in [2.75, 3.05) is 0 Å². The van der Waals surface area contributed by atoms with Crippen LogP contribution >= 0.6 is 0 Å². The van der Waals surface area contributed by atoms with Gasteiger partial charge in [-0.2, -0.15) is 0 Å². The summed E-state index contributed by atoms with van der Waals surface area (Å²) in [7, 11) is 0. The number of aliphatic hydroxyl groups excluding tert-OH is 1. The summed E-state index contributed by atoms with van der Waals surface area (Å²) in [4.78, 5) is 4.20. The average Bonchev–Trinajstić information content (AvgIpc) is 2.04. The van der Waals surface area contributed by atoms with Gasteiger partial charge in [0.25, 0.3) is 0 Å². The molecule has 3 nitrogen and oxygen atoms in total. The van der Waals surface area contributed by atoms with Crippen molar-refractivity contribution in [1.29, 1.82) is 5.41 Å². The molecule has 1 heterocycles. The van der Waals surface area contributed by atoms with E-state index in [-0.39, 0.29) is 0 Å². The SMILES string of the molecule is CC(=N)/C(=C\O)c1cccc(C)n1. The Morgan fingerprint density at radius 1 is 1.54 bits per heavy atom. The predicted molar refractivity (Wildman–Crippen MR) is 53.0 cm³/mol. The Morgan fingerprint density at radius 2 is 2.23 bits per heavy atom. The highest BCUT2D eigenvalue weighted by atomic mass is 16.2. The van der Waals surface area contributed by atoms with Gasteiger partial charge in [-0.25, -0.2) is 0 Å². The summed E-state index contributed by atoms with van der Waals surface area (Å²) in [6.07, 6.45) is 0.921. The van der Waals surface area contributed by atoms with Crippen LogP contribution in [0.4, 0.5) is 0 Å². The minimum Gasteiger partial charge on any atom is -0.515 e. The van der Waals surface area contributed by atoms with Crippen molar-refractivity contribution in [3.8, 4) is 0 Å². The van der Waals surface area contributed by atoms with Crippen LogP contribution in [0.5, 0.6) is 0 Å². The summed E-state index contributed by atoms with van der Waals surface area (Å²) < 4.78 is 0. The standard InChI is InChI=1S/C10H12N2O/c1-7-4-3-5-10(12-7)9(6-13)8(2)11/h3-6,11,13H,1-2H3/b9-6+,11-8?. The molecule has 3 heteroatoms. The first kappa shape index (κ1) is 9.45. The maximum atomic E-state index is 8.90. The van der Waals surface area contributed by atoms with E-state index in [1.165, 1.54) is 0 Å². The third kappa shape index (κ3) is 2.15. The molecule has 1 aromatic rings. The molecule has 0 fully saturated rings. The van der Waals surface area contributed by atoms with Crippen LogP contribution in [0, 0.1) is 12.3 Å². The van der Waals surface area contributed by atoms with Crippen molar-refractivity contribution >= 4 is 11.3 Å².